The Kier molecular flexibility index (Phi) is 4.71. The quantitative estimate of drug-likeness (QED) is 0.888. The lowest BCUT2D eigenvalue weighted by atomic mass is 10.2. The summed E-state index contributed by atoms with van der Waals surface area (Å²) in [5.74, 6) is 0.0684. The van der Waals surface area contributed by atoms with Gasteiger partial charge >= 0.3 is 6.09 Å². The number of nitrogens with zero attached hydrogens (tertiary/aromatic N) is 5. The Bertz CT molecular complexity index is 818. The second kappa shape index (κ2) is 6.41. The predicted molar refractivity (Wildman–Crippen MR) is 91.6 cm³/mol. The number of aryl methyl sites for hydroxylation is 1. The molecule has 0 saturated heterocycles. The van der Waals surface area contributed by atoms with Crippen LogP contribution in [0.25, 0.3) is 10.6 Å². The summed E-state index contributed by atoms with van der Waals surface area (Å²) in [4.78, 5) is 26.5. The van der Waals surface area contributed by atoms with Crippen molar-refractivity contribution >= 4 is 28.5 Å². The number of carbonyl (C=O) groups is 1. The first-order valence-corrected chi connectivity index (χ1v) is 7.91. The minimum Gasteiger partial charge on any atom is -0.443 e. The van der Waals surface area contributed by atoms with Crippen LogP contribution in [-0.2, 0) is 4.74 Å². The van der Waals surface area contributed by atoms with Gasteiger partial charge in [-0.2, -0.15) is 5.26 Å². The van der Waals surface area contributed by atoms with Crippen molar-refractivity contribution in [2.45, 2.75) is 33.3 Å². The standard InChI is InChI=1S/C15H18N6O2S/c1-8-11(10-9(6-16)7-18-12(17)20-10)24-13(19-8)21(5)14(22)23-15(2,3)4/h7H,1-5H3,(H2,17,18,20). The summed E-state index contributed by atoms with van der Waals surface area (Å²) < 4.78 is 5.33. The van der Waals surface area contributed by atoms with E-state index in [1.54, 1.807) is 34.7 Å². The Morgan fingerprint density at radius 3 is 2.67 bits per heavy atom. The number of anilines is 2. The predicted octanol–water partition coefficient (Wildman–Crippen LogP) is 2.73. The molecule has 0 radical (unpaired) electrons. The van der Waals surface area contributed by atoms with Crippen LogP contribution in [-0.4, -0.2) is 33.7 Å². The molecule has 2 N–H and O–H groups in total. The third-order valence-corrected chi connectivity index (χ3v) is 4.12. The van der Waals surface area contributed by atoms with Gasteiger partial charge in [-0.1, -0.05) is 11.3 Å². The van der Waals surface area contributed by atoms with E-state index < -0.39 is 11.7 Å². The molecular weight excluding hydrogens is 328 g/mol. The van der Waals surface area contributed by atoms with Gasteiger partial charge in [0, 0.05) is 7.05 Å². The zero-order chi connectivity index (χ0) is 18.1. The van der Waals surface area contributed by atoms with Crippen LogP contribution in [0.15, 0.2) is 6.20 Å². The number of carbonyl (C=O) groups excluding carboxylic acids is 1. The molecule has 0 fully saturated rings. The van der Waals surface area contributed by atoms with Gasteiger partial charge in [-0.3, -0.25) is 4.90 Å². The first kappa shape index (κ1) is 17.6. The van der Waals surface area contributed by atoms with Crippen LogP contribution < -0.4 is 10.6 Å². The van der Waals surface area contributed by atoms with Crippen molar-refractivity contribution in [2.75, 3.05) is 17.7 Å². The van der Waals surface area contributed by atoms with E-state index in [1.165, 1.54) is 22.4 Å². The van der Waals surface area contributed by atoms with Crippen LogP contribution in [0, 0.1) is 18.3 Å². The van der Waals surface area contributed by atoms with Crippen LogP contribution in [0.3, 0.4) is 0 Å². The maximum Gasteiger partial charge on any atom is 0.416 e. The number of thiazole rings is 1. The molecule has 2 aromatic heterocycles. The molecule has 0 spiro atoms. The fourth-order valence-corrected chi connectivity index (χ4v) is 2.83. The Morgan fingerprint density at radius 2 is 2.08 bits per heavy atom. The molecule has 2 rings (SSSR count). The largest absolute Gasteiger partial charge is 0.443 e. The topological polar surface area (TPSA) is 118 Å². The zero-order valence-corrected chi connectivity index (χ0v) is 14.9. The smallest absolute Gasteiger partial charge is 0.416 e. The lowest BCUT2D eigenvalue weighted by Gasteiger charge is -2.23. The summed E-state index contributed by atoms with van der Waals surface area (Å²) in [6.45, 7) is 7.15. The number of ether oxygens (including phenoxy) is 1. The fraction of sp³-hybridized carbons (Fsp3) is 0.400. The van der Waals surface area contributed by atoms with Gasteiger partial charge in [0.15, 0.2) is 5.13 Å². The molecule has 0 aromatic carbocycles. The molecular formula is C15H18N6O2S. The number of hydrogen-bond donors (Lipinski definition) is 1. The van der Waals surface area contributed by atoms with Gasteiger partial charge in [0.1, 0.15) is 17.4 Å². The van der Waals surface area contributed by atoms with E-state index in [0.29, 0.717) is 27.0 Å². The van der Waals surface area contributed by atoms with Gasteiger partial charge < -0.3 is 10.5 Å². The molecule has 2 aromatic rings. The Labute approximate surface area is 143 Å². The van der Waals surface area contributed by atoms with E-state index in [2.05, 4.69) is 15.0 Å². The monoisotopic (exact) mass is 346 g/mol. The molecule has 1 amide bonds. The summed E-state index contributed by atoms with van der Waals surface area (Å²) in [5, 5.41) is 9.66. The number of rotatable bonds is 2. The van der Waals surface area contributed by atoms with Crippen molar-refractivity contribution in [1.82, 2.24) is 15.0 Å². The molecule has 0 aliphatic heterocycles. The van der Waals surface area contributed by atoms with Gasteiger partial charge in [0.2, 0.25) is 5.95 Å². The average Bonchev–Trinajstić information content (AvgIpc) is 2.86. The Hall–Kier alpha value is -2.73. The van der Waals surface area contributed by atoms with Crippen LogP contribution in [0.4, 0.5) is 15.9 Å². The second-order valence-electron chi connectivity index (χ2n) is 6.05. The molecule has 126 valence electrons. The van der Waals surface area contributed by atoms with Gasteiger partial charge in [0.25, 0.3) is 0 Å². The molecule has 0 aliphatic rings. The summed E-state index contributed by atoms with van der Waals surface area (Å²) in [6.07, 6.45) is 0.860. The van der Waals surface area contributed by atoms with E-state index in [-0.39, 0.29) is 5.95 Å². The van der Waals surface area contributed by atoms with Crippen LogP contribution in [0.1, 0.15) is 32.0 Å². The number of amides is 1. The van der Waals surface area contributed by atoms with Crippen molar-refractivity contribution in [3.8, 4) is 16.6 Å². The highest BCUT2D eigenvalue weighted by molar-refractivity contribution is 7.19. The van der Waals surface area contributed by atoms with Crippen LogP contribution in [0.2, 0.25) is 0 Å². The van der Waals surface area contributed by atoms with E-state index in [1.807, 2.05) is 6.07 Å². The maximum atomic E-state index is 12.2. The Morgan fingerprint density at radius 1 is 1.42 bits per heavy atom. The highest BCUT2D eigenvalue weighted by Gasteiger charge is 2.24. The highest BCUT2D eigenvalue weighted by atomic mass is 32.1. The molecule has 0 saturated carbocycles. The van der Waals surface area contributed by atoms with E-state index in [0.717, 1.165) is 0 Å². The van der Waals surface area contributed by atoms with Gasteiger partial charge in [-0.15, -0.1) is 0 Å². The normalized spacial score (nSPS) is 11.0. The maximum absolute atomic E-state index is 12.2. The number of aromatic nitrogens is 3. The molecule has 24 heavy (non-hydrogen) atoms. The molecule has 8 nitrogen and oxygen atoms in total. The van der Waals surface area contributed by atoms with E-state index in [9.17, 15) is 10.1 Å². The fourth-order valence-electron chi connectivity index (χ4n) is 1.80. The second-order valence-corrected chi connectivity index (χ2v) is 7.03. The van der Waals surface area contributed by atoms with Gasteiger partial charge in [-0.25, -0.2) is 19.7 Å². The molecule has 2 heterocycles. The summed E-state index contributed by atoms with van der Waals surface area (Å²) >= 11 is 1.23. The first-order valence-electron chi connectivity index (χ1n) is 7.09. The SMILES string of the molecule is Cc1nc(N(C)C(=O)OC(C)(C)C)sc1-c1nc(N)ncc1C#N. The van der Waals surface area contributed by atoms with E-state index >= 15 is 0 Å². The van der Waals surface area contributed by atoms with Crippen molar-refractivity contribution in [3.05, 3.63) is 17.5 Å². The third kappa shape index (κ3) is 3.78. The number of hydrogen-bond acceptors (Lipinski definition) is 8. The third-order valence-electron chi connectivity index (χ3n) is 2.88. The van der Waals surface area contributed by atoms with Crippen molar-refractivity contribution < 1.29 is 9.53 Å². The lowest BCUT2D eigenvalue weighted by Crippen LogP contribution is -2.34. The average molecular weight is 346 g/mol. The lowest BCUT2D eigenvalue weighted by molar-refractivity contribution is 0.0589. The number of nitriles is 1. The molecule has 9 heteroatoms. The molecule has 0 unspecified atom stereocenters. The minimum absolute atomic E-state index is 0.0684. The highest BCUT2D eigenvalue weighted by Crippen LogP contribution is 2.35. The number of nitrogens with two attached hydrogens (primary N) is 1. The Balaban J connectivity index is 2.40. The summed E-state index contributed by atoms with van der Waals surface area (Å²) in [7, 11) is 1.58. The van der Waals surface area contributed by atoms with Gasteiger partial charge in [0.05, 0.1) is 22.3 Å². The van der Waals surface area contributed by atoms with Crippen molar-refractivity contribution in [2.24, 2.45) is 0 Å². The molecule has 0 atom stereocenters. The summed E-state index contributed by atoms with van der Waals surface area (Å²) in [6, 6.07) is 2.03. The van der Waals surface area contributed by atoms with E-state index in [4.69, 9.17) is 10.5 Å². The number of nitrogen functional groups attached to an aromatic ring is 1. The van der Waals surface area contributed by atoms with Gasteiger partial charge in [-0.05, 0) is 27.7 Å². The van der Waals surface area contributed by atoms with Crippen LogP contribution in [0.5, 0.6) is 0 Å². The molecule has 0 bridgehead atoms. The minimum atomic E-state index is -0.602. The van der Waals surface area contributed by atoms with Crippen molar-refractivity contribution in [1.29, 1.82) is 5.26 Å². The summed E-state index contributed by atoms with van der Waals surface area (Å²) in [5.41, 5.74) is 6.36. The zero-order valence-electron chi connectivity index (χ0n) is 14.1. The van der Waals surface area contributed by atoms with Crippen LogP contribution >= 0.6 is 11.3 Å². The van der Waals surface area contributed by atoms with Crippen molar-refractivity contribution in [3.63, 3.8) is 0 Å². The first-order chi connectivity index (χ1) is 11.1. The molecule has 0 aliphatic carbocycles.